The molecule has 0 radical (unpaired) electrons. The van der Waals surface area contributed by atoms with Gasteiger partial charge >= 0.3 is 0 Å². The molecule has 0 saturated heterocycles. The van der Waals surface area contributed by atoms with Crippen LogP contribution in [-0.4, -0.2) is 0 Å². The van der Waals surface area contributed by atoms with Gasteiger partial charge in [-0.25, -0.2) is 8.78 Å². The lowest BCUT2D eigenvalue weighted by Gasteiger charge is -2.06. The number of hydrogen-bond donors (Lipinski definition) is 1. The quantitative estimate of drug-likeness (QED) is 0.503. The van der Waals surface area contributed by atoms with Crippen molar-refractivity contribution >= 4 is 12.6 Å². The number of rotatable bonds is 5. The Morgan fingerprint density at radius 2 is 1.75 bits per heavy atom. The van der Waals surface area contributed by atoms with Crippen LogP contribution in [0.5, 0.6) is 0 Å². The van der Waals surface area contributed by atoms with Crippen molar-refractivity contribution < 1.29 is 8.78 Å². The van der Waals surface area contributed by atoms with Crippen LogP contribution in [0, 0.1) is 5.92 Å². The highest BCUT2D eigenvalue weighted by atomic mass is 32.1. The topological polar surface area (TPSA) is 0 Å². The van der Waals surface area contributed by atoms with Crippen LogP contribution in [0.15, 0.2) is 46.9 Å². The van der Waals surface area contributed by atoms with E-state index in [0.29, 0.717) is 11.5 Å². The Balaban J connectivity index is 4.88. The minimum Gasteiger partial charge on any atom is -0.203 e. The zero-order chi connectivity index (χ0) is 12.9. The molecule has 0 aromatic carbocycles. The van der Waals surface area contributed by atoms with E-state index in [0.717, 1.165) is 6.42 Å². The molecule has 90 valence electrons. The predicted molar refractivity (Wildman–Crippen MR) is 69.7 cm³/mol. The summed E-state index contributed by atoms with van der Waals surface area (Å²) >= 11 is 3.65. The van der Waals surface area contributed by atoms with Crippen molar-refractivity contribution in [3.63, 3.8) is 0 Å². The van der Waals surface area contributed by atoms with Crippen LogP contribution in [0.1, 0.15) is 27.2 Å². The van der Waals surface area contributed by atoms with Gasteiger partial charge in [-0.1, -0.05) is 33.1 Å². The first-order valence-corrected chi connectivity index (χ1v) is 5.52. The maximum Gasteiger partial charge on any atom is 0.172 e. The van der Waals surface area contributed by atoms with Crippen LogP contribution < -0.4 is 0 Å². The second kappa shape index (κ2) is 6.69. The predicted octanol–water partition coefficient (Wildman–Crippen LogP) is 5.13. The fourth-order valence-corrected chi connectivity index (χ4v) is 1.07. The van der Waals surface area contributed by atoms with Gasteiger partial charge in [-0.3, -0.25) is 0 Å². The van der Waals surface area contributed by atoms with Crippen LogP contribution in [0.4, 0.5) is 8.78 Å². The fourth-order valence-electron chi connectivity index (χ4n) is 0.968. The van der Waals surface area contributed by atoms with Crippen molar-refractivity contribution in [2.45, 2.75) is 27.2 Å². The molecule has 3 heteroatoms. The van der Waals surface area contributed by atoms with Crippen LogP contribution in [-0.2, 0) is 0 Å². The second-order valence-electron chi connectivity index (χ2n) is 4.07. The molecule has 0 saturated carbocycles. The molecule has 0 rings (SSSR count). The Hall–Kier alpha value is -0.830. The molecule has 0 amide bonds. The molecule has 0 aromatic heterocycles. The van der Waals surface area contributed by atoms with Crippen molar-refractivity contribution in [2.24, 2.45) is 5.92 Å². The standard InChI is InChI=1S/C13H18F2S/c1-8(2)6-7-9(3)10(4)12(14)13(15)11(5)16/h7-8,16H,4-6H2,1-3H3/b9-7+,13-12-. The summed E-state index contributed by atoms with van der Waals surface area (Å²) in [6.45, 7) is 12.6. The van der Waals surface area contributed by atoms with Crippen LogP contribution in [0.2, 0.25) is 0 Å². The van der Waals surface area contributed by atoms with Crippen LogP contribution in [0.25, 0.3) is 0 Å². The molecule has 0 aliphatic carbocycles. The van der Waals surface area contributed by atoms with E-state index < -0.39 is 11.7 Å². The van der Waals surface area contributed by atoms with E-state index in [1.807, 2.05) is 6.08 Å². The molecule has 0 heterocycles. The largest absolute Gasteiger partial charge is 0.203 e. The molecule has 0 bridgehead atoms. The Labute approximate surface area is 102 Å². The van der Waals surface area contributed by atoms with Gasteiger partial charge in [0.05, 0.1) is 0 Å². The summed E-state index contributed by atoms with van der Waals surface area (Å²) in [6, 6.07) is 0. The van der Waals surface area contributed by atoms with E-state index in [9.17, 15) is 8.78 Å². The lowest BCUT2D eigenvalue weighted by Crippen LogP contribution is -1.91. The van der Waals surface area contributed by atoms with Gasteiger partial charge in [0.1, 0.15) is 0 Å². The minimum atomic E-state index is -1.05. The maximum absolute atomic E-state index is 13.5. The monoisotopic (exact) mass is 244 g/mol. The molecule has 0 N–H and O–H groups in total. The van der Waals surface area contributed by atoms with Crippen LogP contribution >= 0.6 is 12.6 Å². The molecular weight excluding hydrogens is 226 g/mol. The SMILES string of the molecule is C=C(S)/C(F)=C(/F)C(=C)/C(C)=C/CC(C)C. The normalized spacial score (nSPS) is 13.8. The smallest absolute Gasteiger partial charge is 0.172 e. The van der Waals surface area contributed by atoms with E-state index in [1.54, 1.807) is 6.92 Å². The van der Waals surface area contributed by atoms with Gasteiger partial charge in [0, 0.05) is 10.5 Å². The van der Waals surface area contributed by atoms with Gasteiger partial charge in [-0.2, -0.15) is 0 Å². The van der Waals surface area contributed by atoms with E-state index in [2.05, 4.69) is 39.6 Å². The molecule has 0 aliphatic rings. The third-order valence-electron chi connectivity index (χ3n) is 2.08. The molecular formula is C13H18F2S. The second-order valence-corrected chi connectivity index (χ2v) is 4.61. The zero-order valence-electron chi connectivity index (χ0n) is 9.98. The zero-order valence-corrected chi connectivity index (χ0v) is 10.9. The summed E-state index contributed by atoms with van der Waals surface area (Å²) in [5.74, 6) is -1.57. The average Bonchev–Trinajstić information content (AvgIpc) is 2.22. The summed E-state index contributed by atoms with van der Waals surface area (Å²) in [6.07, 6.45) is 2.66. The van der Waals surface area contributed by atoms with E-state index >= 15 is 0 Å². The first kappa shape index (κ1) is 15.2. The summed E-state index contributed by atoms with van der Waals surface area (Å²) in [5.41, 5.74) is 0.685. The van der Waals surface area contributed by atoms with Gasteiger partial charge in [-0.05, 0) is 24.8 Å². The average molecular weight is 244 g/mol. The lowest BCUT2D eigenvalue weighted by atomic mass is 10.0. The molecule has 0 atom stereocenters. The van der Waals surface area contributed by atoms with Crippen molar-refractivity contribution in [3.05, 3.63) is 46.9 Å². The van der Waals surface area contributed by atoms with E-state index in [1.165, 1.54) is 0 Å². The van der Waals surface area contributed by atoms with Crippen molar-refractivity contribution in [1.82, 2.24) is 0 Å². The third-order valence-corrected chi connectivity index (χ3v) is 2.28. The highest BCUT2D eigenvalue weighted by molar-refractivity contribution is 7.84. The number of hydrogen-bond acceptors (Lipinski definition) is 1. The molecule has 0 spiro atoms. The molecule has 0 nitrogen and oxygen atoms in total. The fraction of sp³-hybridized carbons (Fsp3) is 0.385. The summed E-state index contributed by atoms with van der Waals surface area (Å²) in [7, 11) is 0. The Kier molecular flexibility index (Phi) is 6.34. The van der Waals surface area contributed by atoms with Gasteiger partial charge in [-0.15, -0.1) is 12.6 Å². The maximum atomic E-state index is 13.5. The summed E-state index contributed by atoms with van der Waals surface area (Å²) in [5, 5.41) is 0. The Morgan fingerprint density at radius 1 is 1.25 bits per heavy atom. The highest BCUT2D eigenvalue weighted by Crippen LogP contribution is 2.27. The van der Waals surface area contributed by atoms with Crippen molar-refractivity contribution in [3.8, 4) is 0 Å². The Morgan fingerprint density at radius 3 is 2.12 bits per heavy atom. The number of allylic oxidation sites excluding steroid dienone is 5. The molecule has 16 heavy (non-hydrogen) atoms. The summed E-state index contributed by atoms with van der Waals surface area (Å²) in [4.78, 5) is -0.227. The number of halogens is 2. The molecule has 0 aliphatic heterocycles. The van der Waals surface area contributed by atoms with Gasteiger partial charge in [0.2, 0.25) is 0 Å². The number of thiol groups is 1. The molecule has 0 unspecified atom stereocenters. The lowest BCUT2D eigenvalue weighted by molar-refractivity contribution is 0.564. The first-order valence-electron chi connectivity index (χ1n) is 5.07. The van der Waals surface area contributed by atoms with Crippen molar-refractivity contribution in [2.75, 3.05) is 0 Å². The minimum absolute atomic E-state index is 0.0494. The Bertz CT molecular complexity index is 349. The summed E-state index contributed by atoms with van der Waals surface area (Å²) < 4.78 is 26.6. The van der Waals surface area contributed by atoms with Gasteiger partial charge in [0.25, 0.3) is 0 Å². The van der Waals surface area contributed by atoms with Gasteiger partial charge < -0.3 is 0 Å². The third kappa shape index (κ3) is 4.79. The highest BCUT2D eigenvalue weighted by Gasteiger charge is 2.12. The van der Waals surface area contributed by atoms with E-state index in [4.69, 9.17) is 0 Å². The van der Waals surface area contributed by atoms with Crippen LogP contribution in [0.3, 0.4) is 0 Å². The van der Waals surface area contributed by atoms with E-state index in [-0.39, 0.29) is 10.5 Å². The van der Waals surface area contributed by atoms with Crippen molar-refractivity contribution in [1.29, 1.82) is 0 Å². The molecule has 0 fully saturated rings. The molecule has 0 aromatic rings. The van der Waals surface area contributed by atoms with Gasteiger partial charge in [0.15, 0.2) is 11.7 Å². The first-order chi connectivity index (χ1) is 7.27.